The highest BCUT2D eigenvalue weighted by molar-refractivity contribution is 6.14. The summed E-state index contributed by atoms with van der Waals surface area (Å²) in [5, 5.41) is 4.94. The van der Waals surface area contributed by atoms with Gasteiger partial charge in [-0.1, -0.05) is 291 Å². The van der Waals surface area contributed by atoms with E-state index in [0.717, 1.165) is 11.1 Å². The van der Waals surface area contributed by atoms with Crippen LogP contribution in [0.4, 0.5) is 0 Å². The number of fused-ring (bicyclic) bond motifs is 2. The Balaban J connectivity index is 0.816. The van der Waals surface area contributed by atoms with Gasteiger partial charge >= 0.3 is 0 Å². The van der Waals surface area contributed by atoms with E-state index in [1.165, 1.54) is 99.5 Å². The fourth-order valence-corrected chi connectivity index (χ4v) is 9.50. The van der Waals surface area contributed by atoms with Crippen molar-refractivity contribution in [2.45, 2.75) is 0 Å². The molecule has 0 fully saturated rings. The standard InChI is InChI=1S/C70H50/c1-5-17-59(18-6-1)69(60-19-7-2-8-20-60)49-53-33-43-57(44-34-53)55-39-29-51(30-40-55)37-47-67-63-25-13-15-27-65(63)68(66-28-16-14-26-64(66)67)48-38-52-31-41-56(42-32-52)58-45-35-54(36-46-58)50-70(61-21-9-3-10-22-61)62-23-11-4-12-24-62/h1-50H/b47-37+,48-38+. The normalized spacial score (nSPS) is 11.3. The summed E-state index contributed by atoms with van der Waals surface area (Å²) < 4.78 is 0. The minimum Gasteiger partial charge on any atom is -0.0622 e. The first-order chi connectivity index (χ1) is 34.7. The van der Waals surface area contributed by atoms with Crippen LogP contribution in [-0.2, 0) is 0 Å². The van der Waals surface area contributed by atoms with Gasteiger partial charge < -0.3 is 0 Å². The summed E-state index contributed by atoms with van der Waals surface area (Å²) in [6.07, 6.45) is 13.6. The molecular weight excluding hydrogens is 841 g/mol. The summed E-state index contributed by atoms with van der Waals surface area (Å²) in [6.45, 7) is 0. The molecule has 0 unspecified atom stereocenters. The zero-order chi connectivity index (χ0) is 46.9. The van der Waals surface area contributed by atoms with E-state index in [9.17, 15) is 0 Å². The summed E-state index contributed by atoms with van der Waals surface area (Å²) in [6, 6.07) is 95.6. The van der Waals surface area contributed by atoms with E-state index in [1.807, 2.05) is 0 Å². The molecule has 70 heavy (non-hydrogen) atoms. The van der Waals surface area contributed by atoms with Crippen LogP contribution < -0.4 is 0 Å². The third-order valence-corrected chi connectivity index (χ3v) is 13.2. The van der Waals surface area contributed by atoms with Crippen LogP contribution in [0.15, 0.2) is 267 Å². The lowest BCUT2D eigenvalue weighted by Gasteiger charge is -2.13. The lowest BCUT2D eigenvalue weighted by atomic mass is 9.90. The van der Waals surface area contributed by atoms with Gasteiger partial charge in [0.25, 0.3) is 0 Å². The molecule has 0 heterocycles. The van der Waals surface area contributed by atoms with Crippen molar-refractivity contribution in [3.63, 3.8) is 0 Å². The van der Waals surface area contributed by atoms with Gasteiger partial charge in [-0.25, -0.2) is 0 Å². The highest BCUT2D eigenvalue weighted by atomic mass is 14.2. The molecule has 0 bridgehead atoms. The second-order valence-electron chi connectivity index (χ2n) is 17.7. The molecule has 0 saturated heterocycles. The molecule has 11 aromatic carbocycles. The first-order valence-electron chi connectivity index (χ1n) is 24.1. The Morgan fingerprint density at radius 3 is 0.686 bits per heavy atom. The van der Waals surface area contributed by atoms with Gasteiger partial charge in [-0.2, -0.15) is 0 Å². The van der Waals surface area contributed by atoms with E-state index in [0.29, 0.717) is 0 Å². The van der Waals surface area contributed by atoms with Crippen LogP contribution in [0.2, 0.25) is 0 Å². The summed E-state index contributed by atoms with van der Waals surface area (Å²) in [7, 11) is 0. The SMILES string of the molecule is C(=C(c1ccccc1)c1ccccc1)c1ccc(-c2ccc(/C=C/c3c4ccccc4c(/C=C/c4ccc(-c5ccc(C=C(c6ccccc6)c6ccccc6)cc5)cc4)c4ccccc34)cc2)cc1. The van der Waals surface area contributed by atoms with Gasteiger partial charge in [0, 0.05) is 0 Å². The Labute approximate surface area is 411 Å². The maximum absolute atomic E-state index is 2.29. The molecule has 0 heteroatoms. The Bertz CT molecular complexity index is 3260. The zero-order valence-corrected chi connectivity index (χ0v) is 38.9. The van der Waals surface area contributed by atoms with Gasteiger partial charge in [0.05, 0.1) is 0 Å². The van der Waals surface area contributed by atoms with E-state index < -0.39 is 0 Å². The molecule has 0 radical (unpaired) electrons. The topological polar surface area (TPSA) is 0 Å². The quantitative estimate of drug-likeness (QED) is 0.0847. The van der Waals surface area contributed by atoms with Crippen LogP contribution in [0.25, 0.3) is 91.4 Å². The van der Waals surface area contributed by atoms with Crippen LogP contribution in [0.5, 0.6) is 0 Å². The zero-order valence-electron chi connectivity index (χ0n) is 38.9. The summed E-state index contributed by atoms with van der Waals surface area (Å²) in [4.78, 5) is 0. The summed E-state index contributed by atoms with van der Waals surface area (Å²) in [5.41, 5.74) is 19.1. The summed E-state index contributed by atoms with van der Waals surface area (Å²) in [5.74, 6) is 0. The maximum atomic E-state index is 2.29. The van der Waals surface area contributed by atoms with Crippen molar-refractivity contribution in [3.8, 4) is 22.3 Å². The molecular formula is C70H50. The van der Waals surface area contributed by atoms with E-state index in [4.69, 9.17) is 0 Å². The molecule has 0 aliphatic rings. The smallest absolute Gasteiger partial charge is 0.00987 e. The van der Waals surface area contributed by atoms with Crippen LogP contribution in [0, 0.1) is 0 Å². The molecule has 11 rings (SSSR count). The largest absolute Gasteiger partial charge is 0.0622 e. The monoisotopic (exact) mass is 890 g/mol. The lowest BCUT2D eigenvalue weighted by molar-refractivity contribution is 1.55. The van der Waals surface area contributed by atoms with E-state index >= 15 is 0 Å². The molecule has 0 saturated carbocycles. The first kappa shape index (κ1) is 43.5. The molecule has 0 amide bonds. The van der Waals surface area contributed by atoms with Gasteiger partial charge in [-0.05, 0) is 123 Å². The fraction of sp³-hybridized carbons (Fsp3) is 0. The third-order valence-electron chi connectivity index (χ3n) is 13.2. The average Bonchev–Trinajstić information content (AvgIpc) is 3.44. The Kier molecular flexibility index (Phi) is 12.7. The van der Waals surface area contributed by atoms with Gasteiger partial charge in [0.2, 0.25) is 0 Å². The van der Waals surface area contributed by atoms with Crippen LogP contribution in [0.1, 0.15) is 55.6 Å². The first-order valence-corrected chi connectivity index (χ1v) is 24.1. The molecule has 0 aliphatic carbocycles. The van der Waals surface area contributed by atoms with Crippen molar-refractivity contribution in [1.82, 2.24) is 0 Å². The van der Waals surface area contributed by atoms with Crippen LogP contribution in [0.3, 0.4) is 0 Å². The van der Waals surface area contributed by atoms with Crippen molar-refractivity contribution >= 4 is 69.1 Å². The Morgan fingerprint density at radius 1 is 0.200 bits per heavy atom. The number of hydrogen-bond acceptors (Lipinski definition) is 0. The van der Waals surface area contributed by atoms with Gasteiger partial charge in [0.1, 0.15) is 0 Å². The molecule has 11 aromatic rings. The van der Waals surface area contributed by atoms with Crippen molar-refractivity contribution in [3.05, 3.63) is 323 Å². The highest BCUT2D eigenvalue weighted by Crippen LogP contribution is 2.36. The highest BCUT2D eigenvalue weighted by Gasteiger charge is 2.12. The Morgan fingerprint density at radius 2 is 0.429 bits per heavy atom. The fourth-order valence-electron chi connectivity index (χ4n) is 9.50. The molecule has 330 valence electrons. The number of rotatable bonds is 12. The second-order valence-corrected chi connectivity index (χ2v) is 17.7. The summed E-state index contributed by atoms with van der Waals surface area (Å²) >= 11 is 0. The second kappa shape index (κ2) is 20.4. The molecule has 0 aliphatic heterocycles. The molecule has 0 N–H and O–H groups in total. The predicted octanol–water partition coefficient (Wildman–Crippen LogP) is 18.8. The number of hydrogen-bond donors (Lipinski definition) is 0. The molecule has 0 aromatic heterocycles. The third kappa shape index (κ3) is 9.67. The van der Waals surface area contributed by atoms with Gasteiger partial charge in [-0.3, -0.25) is 0 Å². The Hall–Kier alpha value is -9.10. The molecule has 0 nitrogen and oxygen atoms in total. The van der Waals surface area contributed by atoms with Crippen molar-refractivity contribution < 1.29 is 0 Å². The van der Waals surface area contributed by atoms with Crippen LogP contribution in [-0.4, -0.2) is 0 Å². The average molecular weight is 891 g/mol. The van der Waals surface area contributed by atoms with E-state index in [1.54, 1.807) is 0 Å². The van der Waals surface area contributed by atoms with Crippen molar-refractivity contribution in [2.75, 3.05) is 0 Å². The van der Waals surface area contributed by atoms with E-state index in [2.05, 4.69) is 303 Å². The van der Waals surface area contributed by atoms with Crippen molar-refractivity contribution in [1.29, 1.82) is 0 Å². The van der Waals surface area contributed by atoms with E-state index in [-0.39, 0.29) is 0 Å². The maximum Gasteiger partial charge on any atom is -0.00987 e. The van der Waals surface area contributed by atoms with Gasteiger partial charge in [-0.15, -0.1) is 0 Å². The lowest BCUT2D eigenvalue weighted by Crippen LogP contribution is -1.89. The minimum absolute atomic E-state index is 1.16. The molecule has 0 spiro atoms. The van der Waals surface area contributed by atoms with Gasteiger partial charge in [0.15, 0.2) is 0 Å². The number of benzene rings is 11. The predicted molar refractivity (Wildman–Crippen MR) is 303 cm³/mol. The molecule has 0 atom stereocenters. The minimum atomic E-state index is 1.16. The van der Waals surface area contributed by atoms with Crippen molar-refractivity contribution in [2.24, 2.45) is 0 Å². The van der Waals surface area contributed by atoms with Crippen LogP contribution >= 0.6 is 0 Å².